The summed E-state index contributed by atoms with van der Waals surface area (Å²) in [6, 6.07) is 7.81. The maximum Gasteiger partial charge on any atom is 0.250 e. The third-order valence-corrected chi connectivity index (χ3v) is 3.21. The first-order valence-corrected chi connectivity index (χ1v) is 5.75. The van der Waals surface area contributed by atoms with Crippen LogP contribution in [-0.2, 0) is 4.79 Å². The molecule has 2 aromatic rings. The van der Waals surface area contributed by atoms with Crippen molar-refractivity contribution in [3.05, 3.63) is 24.3 Å². The van der Waals surface area contributed by atoms with Gasteiger partial charge in [-0.1, -0.05) is 23.9 Å². The van der Waals surface area contributed by atoms with Crippen molar-refractivity contribution in [3.63, 3.8) is 0 Å². The molecule has 0 atom stereocenters. The summed E-state index contributed by atoms with van der Waals surface area (Å²) in [4.78, 5) is 15.6. The highest BCUT2D eigenvalue weighted by Gasteiger charge is 2.13. The summed E-state index contributed by atoms with van der Waals surface area (Å²) in [5, 5.41) is 4.65. The molecule has 0 aliphatic carbocycles. The quantitative estimate of drug-likeness (QED) is 0.738. The molecular weight excluding hydrogens is 224 g/mol. The number of amides is 1. The lowest BCUT2D eigenvalue weighted by Gasteiger charge is -2.05. The van der Waals surface area contributed by atoms with E-state index in [0.29, 0.717) is 5.75 Å². The van der Waals surface area contributed by atoms with Crippen molar-refractivity contribution >= 4 is 35.0 Å². The molecule has 6 heteroatoms. The van der Waals surface area contributed by atoms with Crippen LogP contribution in [-0.4, -0.2) is 27.5 Å². The minimum Gasteiger partial charge on any atom is -0.276 e. The molecule has 0 bridgehead atoms. The summed E-state index contributed by atoms with van der Waals surface area (Å²) in [5.74, 6) is 0.222. The summed E-state index contributed by atoms with van der Waals surface area (Å²) in [7, 11) is 0. The molecular formula is C10H8N4OS. The highest BCUT2D eigenvalue weighted by atomic mass is 32.2. The van der Waals surface area contributed by atoms with E-state index in [9.17, 15) is 4.79 Å². The van der Waals surface area contributed by atoms with Gasteiger partial charge in [0.05, 0.1) is 16.8 Å². The summed E-state index contributed by atoms with van der Waals surface area (Å²) in [5.41, 5.74) is 4.34. The Morgan fingerprint density at radius 2 is 2.25 bits per heavy atom. The SMILES string of the molecule is O=C1CSc2nc3ccccc3n2/C=N\N1. The van der Waals surface area contributed by atoms with E-state index < -0.39 is 0 Å². The molecule has 0 unspecified atom stereocenters. The third-order valence-electron chi connectivity index (χ3n) is 2.26. The fourth-order valence-electron chi connectivity index (χ4n) is 1.56. The number of nitrogens with one attached hydrogen (secondary N) is 1. The van der Waals surface area contributed by atoms with Crippen LogP contribution in [0.25, 0.3) is 11.0 Å². The van der Waals surface area contributed by atoms with Crippen LogP contribution in [0, 0.1) is 0 Å². The maximum absolute atomic E-state index is 11.2. The number of hydrogen-bond acceptors (Lipinski definition) is 4. The molecule has 0 saturated heterocycles. The number of thioether (sulfide) groups is 1. The van der Waals surface area contributed by atoms with Crippen LogP contribution in [0.15, 0.2) is 34.5 Å². The number of hydrogen-bond donors (Lipinski definition) is 1. The molecule has 1 aromatic heterocycles. The summed E-state index contributed by atoms with van der Waals surface area (Å²) in [6.07, 6.45) is 1.58. The topological polar surface area (TPSA) is 59.3 Å². The molecule has 1 aliphatic rings. The normalized spacial score (nSPS) is 17.4. The van der Waals surface area contributed by atoms with Gasteiger partial charge in [0, 0.05) is 0 Å². The van der Waals surface area contributed by atoms with Crippen molar-refractivity contribution in [2.24, 2.45) is 5.10 Å². The zero-order valence-corrected chi connectivity index (χ0v) is 9.07. The average molecular weight is 232 g/mol. The molecule has 1 aliphatic heterocycles. The van der Waals surface area contributed by atoms with Gasteiger partial charge < -0.3 is 0 Å². The van der Waals surface area contributed by atoms with Crippen LogP contribution in [0.2, 0.25) is 0 Å². The monoisotopic (exact) mass is 232 g/mol. The second kappa shape index (κ2) is 3.64. The fraction of sp³-hybridized carbons (Fsp3) is 0.100. The Bertz CT molecular complexity index is 590. The standard InChI is InChI=1S/C10H8N4OS/c15-9-5-16-10-12-7-3-1-2-4-8(7)14(10)6-11-13-9/h1-4,6H,5H2,(H,13,15)/b11-6-. The van der Waals surface area contributed by atoms with E-state index in [-0.39, 0.29) is 5.91 Å². The van der Waals surface area contributed by atoms with E-state index in [0.717, 1.165) is 16.2 Å². The van der Waals surface area contributed by atoms with Gasteiger partial charge >= 0.3 is 0 Å². The number of imidazole rings is 1. The number of carbonyl (C=O) groups excluding carboxylic acids is 1. The van der Waals surface area contributed by atoms with Crippen molar-refractivity contribution in [1.29, 1.82) is 0 Å². The van der Waals surface area contributed by atoms with Gasteiger partial charge in [0.2, 0.25) is 0 Å². The molecule has 5 nitrogen and oxygen atoms in total. The first-order chi connectivity index (χ1) is 7.84. The van der Waals surface area contributed by atoms with Gasteiger partial charge in [0.25, 0.3) is 5.91 Å². The minimum atomic E-state index is -0.112. The van der Waals surface area contributed by atoms with Gasteiger partial charge in [-0.3, -0.25) is 9.36 Å². The second-order valence-electron chi connectivity index (χ2n) is 3.32. The summed E-state index contributed by atoms with van der Waals surface area (Å²) in [6.45, 7) is 0. The molecule has 3 rings (SSSR count). The van der Waals surface area contributed by atoms with Gasteiger partial charge in [-0.05, 0) is 12.1 Å². The van der Waals surface area contributed by atoms with Crippen molar-refractivity contribution in [3.8, 4) is 0 Å². The van der Waals surface area contributed by atoms with Gasteiger partial charge in [-0.2, -0.15) is 5.10 Å². The number of fused-ring (bicyclic) bond motifs is 3. The van der Waals surface area contributed by atoms with E-state index in [1.807, 2.05) is 28.8 Å². The van der Waals surface area contributed by atoms with Gasteiger partial charge in [0.15, 0.2) is 5.16 Å². The number of hydrazone groups is 1. The largest absolute Gasteiger partial charge is 0.276 e. The van der Waals surface area contributed by atoms with Crippen LogP contribution in [0.1, 0.15) is 0 Å². The lowest BCUT2D eigenvalue weighted by molar-refractivity contribution is -0.118. The first-order valence-electron chi connectivity index (χ1n) is 4.76. The van der Waals surface area contributed by atoms with E-state index in [2.05, 4.69) is 15.5 Å². The van der Waals surface area contributed by atoms with Crippen molar-refractivity contribution in [2.45, 2.75) is 5.16 Å². The molecule has 1 N–H and O–H groups in total. The van der Waals surface area contributed by atoms with E-state index in [4.69, 9.17) is 0 Å². The number of benzene rings is 1. The summed E-state index contributed by atoms with van der Waals surface area (Å²) >= 11 is 1.41. The Balaban J connectivity index is 2.20. The maximum atomic E-state index is 11.2. The van der Waals surface area contributed by atoms with E-state index >= 15 is 0 Å². The first kappa shape index (κ1) is 9.41. The van der Waals surface area contributed by atoms with Crippen LogP contribution in [0.3, 0.4) is 0 Å². The molecule has 1 aromatic carbocycles. The van der Waals surface area contributed by atoms with Crippen molar-refractivity contribution < 1.29 is 4.79 Å². The lowest BCUT2D eigenvalue weighted by Crippen LogP contribution is -2.22. The zero-order valence-electron chi connectivity index (χ0n) is 8.25. The van der Waals surface area contributed by atoms with Gasteiger partial charge in [-0.25, -0.2) is 10.4 Å². The second-order valence-corrected chi connectivity index (χ2v) is 4.26. The molecule has 2 heterocycles. The van der Waals surface area contributed by atoms with Crippen LogP contribution in [0.4, 0.5) is 0 Å². The highest BCUT2D eigenvalue weighted by molar-refractivity contribution is 7.99. The smallest absolute Gasteiger partial charge is 0.250 e. The lowest BCUT2D eigenvalue weighted by atomic mass is 10.3. The van der Waals surface area contributed by atoms with Crippen LogP contribution >= 0.6 is 11.8 Å². The Kier molecular flexibility index (Phi) is 2.14. The zero-order chi connectivity index (χ0) is 11.0. The average Bonchev–Trinajstić information content (AvgIpc) is 2.62. The minimum absolute atomic E-state index is 0.112. The van der Waals surface area contributed by atoms with Crippen LogP contribution in [0.5, 0.6) is 0 Å². The molecule has 0 spiro atoms. The Morgan fingerprint density at radius 1 is 1.38 bits per heavy atom. The predicted octanol–water partition coefficient (Wildman–Crippen LogP) is 1.05. The Labute approximate surface area is 95.5 Å². The molecule has 1 amide bonds. The van der Waals surface area contributed by atoms with E-state index in [1.165, 1.54) is 11.8 Å². The highest BCUT2D eigenvalue weighted by Crippen LogP contribution is 2.23. The number of aromatic nitrogens is 2. The number of rotatable bonds is 0. The van der Waals surface area contributed by atoms with E-state index in [1.54, 1.807) is 6.34 Å². The molecule has 0 fully saturated rings. The van der Waals surface area contributed by atoms with Gasteiger partial charge in [-0.15, -0.1) is 0 Å². The molecule has 16 heavy (non-hydrogen) atoms. The van der Waals surface area contributed by atoms with Crippen molar-refractivity contribution in [2.75, 3.05) is 5.75 Å². The number of nitrogens with zero attached hydrogens (tertiary/aromatic N) is 3. The molecule has 0 radical (unpaired) electrons. The fourth-order valence-corrected chi connectivity index (χ4v) is 2.33. The van der Waals surface area contributed by atoms with Gasteiger partial charge in [0.1, 0.15) is 6.34 Å². The molecule has 0 saturated carbocycles. The number of para-hydroxylation sites is 2. The number of carbonyl (C=O) groups is 1. The van der Waals surface area contributed by atoms with Crippen LogP contribution < -0.4 is 5.43 Å². The Morgan fingerprint density at radius 3 is 3.19 bits per heavy atom. The Hall–Kier alpha value is -1.82. The third kappa shape index (κ3) is 1.47. The predicted molar refractivity (Wildman–Crippen MR) is 62.5 cm³/mol. The van der Waals surface area contributed by atoms with Crippen molar-refractivity contribution in [1.82, 2.24) is 15.0 Å². The molecule has 80 valence electrons. The summed E-state index contributed by atoms with van der Waals surface area (Å²) < 4.78 is 1.87.